The van der Waals surface area contributed by atoms with Crippen molar-refractivity contribution in [2.45, 2.75) is 27.0 Å². The molecule has 0 aliphatic heterocycles. The number of nitrogens with zero attached hydrogens (tertiary/aromatic N) is 4. The molecule has 2 heterocycles. The summed E-state index contributed by atoms with van der Waals surface area (Å²) in [4.78, 5) is 29.5. The number of aliphatic hydroxyl groups is 1. The number of aryl methyl sites for hydroxylation is 2. The summed E-state index contributed by atoms with van der Waals surface area (Å²) in [5.74, 6) is 0.430. The Bertz CT molecular complexity index is 1270. The molecule has 0 spiro atoms. The molecular weight excluding hydrogens is 382 g/mol. The van der Waals surface area contributed by atoms with Crippen LogP contribution in [0, 0.1) is 13.8 Å². The van der Waals surface area contributed by atoms with E-state index in [1.54, 1.807) is 35.8 Å². The van der Waals surface area contributed by atoms with Crippen LogP contribution in [0.2, 0.25) is 0 Å². The van der Waals surface area contributed by atoms with Crippen LogP contribution >= 0.6 is 0 Å². The number of rotatable bonds is 5. The van der Waals surface area contributed by atoms with E-state index in [1.807, 2.05) is 31.2 Å². The van der Waals surface area contributed by atoms with Crippen molar-refractivity contribution in [3.8, 4) is 11.4 Å². The molecule has 2 aromatic heterocycles. The van der Waals surface area contributed by atoms with Crippen molar-refractivity contribution < 1.29 is 9.90 Å². The predicted molar refractivity (Wildman–Crippen MR) is 113 cm³/mol. The highest BCUT2D eigenvalue weighted by molar-refractivity contribution is 5.90. The van der Waals surface area contributed by atoms with Crippen molar-refractivity contribution in [3.05, 3.63) is 81.8 Å². The fourth-order valence-corrected chi connectivity index (χ4v) is 3.16. The lowest BCUT2D eigenvalue weighted by Crippen LogP contribution is -2.25. The first-order valence-electron chi connectivity index (χ1n) is 9.48. The van der Waals surface area contributed by atoms with Gasteiger partial charge in [-0.05, 0) is 31.5 Å². The highest BCUT2D eigenvalue weighted by Gasteiger charge is 2.15. The molecule has 0 saturated carbocycles. The minimum absolute atomic E-state index is 0.00886. The van der Waals surface area contributed by atoms with Gasteiger partial charge in [-0.1, -0.05) is 42.0 Å². The van der Waals surface area contributed by atoms with Crippen LogP contribution in [-0.2, 0) is 17.9 Å². The highest BCUT2D eigenvalue weighted by Crippen LogP contribution is 2.17. The number of anilines is 1. The van der Waals surface area contributed by atoms with Gasteiger partial charge in [0.05, 0.1) is 6.61 Å². The van der Waals surface area contributed by atoms with Gasteiger partial charge in [0.15, 0.2) is 5.82 Å². The first-order valence-corrected chi connectivity index (χ1v) is 9.48. The molecule has 8 nitrogen and oxygen atoms in total. The molecule has 0 bridgehead atoms. The molecule has 8 heteroatoms. The SMILES string of the molecule is Cc1ccc(NC(=O)Cn2c(C)cc(=O)n3nc(-c4ccc(CO)cc4)nc23)cc1. The second kappa shape index (κ2) is 7.92. The highest BCUT2D eigenvalue weighted by atomic mass is 16.3. The summed E-state index contributed by atoms with van der Waals surface area (Å²) in [5.41, 5.74) is 3.58. The maximum Gasteiger partial charge on any atom is 0.275 e. The number of hydrogen-bond donors (Lipinski definition) is 2. The molecule has 30 heavy (non-hydrogen) atoms. The summed E-state index contributed by atoms with van der Waals surface area (Å²) >= 11 is 0. The van der Waals surface area contributed by atoms with Gasteiger partial charge in [0.1, 0.15) is 6.54 Å². The van der Waals surface area contributed by atoms with Crippen molar-refractivity contribution >= 4 is 17.4 Å². The molecule has 0 saturated heterocycles. The average molecular weight is 403 g/mol. The van der Waals surface area contributed by atoms with E-state index in [0.29, 0.717) is 28.5 Å². The number of carbonyl (C=O) groups is 1. The summed E-state index contributed by atoms with van der Waals surface area (Å²) < 4.78 is 2.85. The van der Waals surface area contributed by atoms with Crippen LogP contribution in [0.15, 0.2) is 59.4 Å². The van der Waals surface area contributed by atoms with Crippen LogP contribution in [0.1, 0.15) is 16.8 Å². The molecule has 1 amide bonds. The van der Waals surface area contributed by atoms with Crippen LogP contribution in [0.4, 0.5) is 5.69 Å². The van der Waals surface area contributed by atoms with Crippen LogP contribution in [0.3, 0.4) is 0 Å². The molecule has 0 aliphatic carbocycles. The fraction of sp³-hybridized carbons (Fsp3) is 0.182. The third-order valence-corrected chi connectivity index (χ3v) is 4.83. The van der Waals surface area contributed by atoms with Gasteiger partial charge in [-0.15, -0.1) is 5.10 Å². The number of aliphatic hydroxyl groups excluding tert-OH is 1. The topological polar surface area (TPSA) is 102 Å². The Morgan fingerprint density at radius 2 is 1.77 bits per heavy atom. The van der Waals surface area contributed by atoms with E-state index >= 15 is 0 Å². The number of carbonyl (C=O) groups excluding carboxylic acids is 1. The number of amides is 1. The number of hydrogen-bond acceptors (Lipinski definition) is 5. The van der Waals surface area contributed by atoms with Crippen molar-refractivity contribution in [2.75, 3.05) is 5.32 Å². The lowest BCUT2D eigenvalue weighted by Gasteiger charge is -2.11. The van der Waals surface area contributed by atoms with Crippen molar-refractivity contribution in [2.24, 2.45) is 0 Å². The van der Waals surface area contributed by atoms with E-state index in [9.17, 15) is 14.7 Å². The molecule has 0 radical (unpaired) electrons. The predicted octanol–water partition coefficient (Wildman–Crippen LogP) is 2.31. The Kier molecular flexibility index (Phi) is 5.16. The second-order valence-electron chi connectivity index (χ2n) is 7.13. The molecular formula is C22H21N5O3. The third kappa shape index (κ3) is 3.85. The Labute approximate surface area is 172 Å². The summed E-state index contributed by atoms with van der Waals surface area (Å²) in [6.45, 7) is 3.67. The third-order valence-electron chi connectivity index (χ3n) is 4.83. The van der Waals surface area contributed by atoms with Crippen molar-refractivity contribution in [1.82, 2.24) is 19.2 Å². The number of nitrogens with one attached hydrogen (secondary N) is 1. The van der Waals surface area contributed by atoms with E-state index in [0.717, 1.165) is 11.1 Å². The summed E-state index contributed by atoms with van der Waals surface area (Å²) in [5, 5.41) is 16.4. The van der Waals surface area contributed by atoms with Crippen LogP contribution in [0.5, 0.6) is 0 Å². The zero-order valence-electron chi connectivity index (χ0n) is 16.7. The number of aromatic nitrogens is 4. The first-order chi connectivity index (χ1) is 14.4. The zero-order valence-corrected chi connectivity index (χ0v) is 16.7. The molecule has 0 aliphatic rings. The largest absolute Gasteiger partial charge is 0.392 e. The summed E-state index contributed by atoms with van der Waals surface area (Å²) in [6.07, 6.45) is 0. The molecule has 4 rings (SSSR count). The van der Waals surface area contributed by atoms with Crippen molar-refractivity contribution in [3.63, 3.8) is 0 Å². The fourth-order valence-electron chi connectivity index (χ4n) is 3.16. The number of benzene rings is 2. The minimum atomic E-state index is -0.316. The molecule has 4 aromatic rings. The molecule has 0 fully saturated rings. The lowest BCUT2D eigenvalue weighted by atomic mass is 10.1. The van der Waals surface area contributed by atoms with Gasteiger partial charge in [-0.2, -0.15) is 9.50 Å². The Hall–Kier alpha value is -3.78. The van der Waals surface area contributed by atoms with Crippen LogP contribution in [-0.4, -0.2) is 30.2 Å². The maximum atomic E-state index is 12.6. The summed E-state index contributed by atoms with van der Waals surface area (Å²) in [7, 11) is 0. The Morgan fingerprint density at radius 1 is 1.07 bits per heavy atom. The Morgan fingerprint density at radius 3 is 2.43 bits per heavy atom. The maximum absolute atomic E-state index is 12.6. The first kappa shape index (κ1) is 19.5. The smallest absolute Gasteiger partial charge is 0.275 e. The molecule has 2 N–H and O–H groups in total. The van der Waals surface area contributed by atoms with Crippen LogP contribution < -0.4 is 10.9 Å². The van der Waals surface area contributed by atoms with Gasteiger partial charge in [0, 0.05) is 23.0 Å². The normalized spacial score (nSPS) is 11.0. The lowest BCUT2D eigenvalue weighted by molar-refractivity contribution is -0.116. The number of fused-ring (bicyclic) bond motifs is 1. The van der Waals surface area contributed by atoms with Gasteiger partial charge < -0.3 is 15.0 Å². The zero-order chi connectivity index (χ0) is 21.3. The van der Waals surface area contributed by atoms with Crippen molar-refractivity contribution in [1.29, 1.82) is 0 Å². The van der Waals surface area contributed by atoms with Gasteiger partial charge in [0.2, 0.25) is 11.7 Å². The summed E-state index contributed by atoms with van der Waals surface area (Å²) in [6, 6.07) is 16.1. The minimum Gasteiger partial charge on any atom is -0.392 e. The second-order valence-corrected chi connectivity index (χ2v) is 7.13. The quantitative estimate of drug-likeness (QED) is 0.532. The van der Waals surface area contributed by atoms with Gasteiger partial charge in [-0.25, -0.2) is 0 Å². The van der Waals surface area contributed by atoms with E-state index < -0.39 is 0 Å². The monoisotopic (exact) mass is 403 g/mol. The average Bonchev–Trinajstić information content (AvgIpc) is 3.19. The van der Waals surface area contributed by atoms with E-state index in [-0.39, 0.29) is 24.6 Å². The van der Waals surface area contributed by atoms with E-state index in [4.69, 9.17) is 0 Å². The van der Waals surface area contributed by atoms with Gasteiger partial charge in [-0.3, -0.25) is 9.59 Å². The van der Waals surface area contributed by atoms with E-state index in [2.05, 4.69) is 15.4 Å². The molecule has 0 atom stereocenters. The molecule has 0 unspecified atom stereocenters. The standard InChI is InChI=1S/C22H21N5O3/c1-14-3-9-18(10-4-14)23-19(29)12-26-15(2)11-20(30)27-22(26)24-21(25-27)17-7-5-16(13-28)6-8-17/h3-11,28H,12-13H2,1-2H3,(H,23,29). The molecule has 152 valence electrons. The van der Waals surface area contributed by atoms with Gasteiger partial charge >= 0.3 is 0 Å². The Balaban J connectivity index is 1.68. The van der Waals surface area contributed by atoms with E-state index in [1.165, 1.54) is 10.6 Å². The van der Waals surface area contributed by atoms with Gasteiger partial charge in [0.25, 0.3) is 5.56 Å². The molecule has 2 aromatic carbocycles. The van der Waals surface area contributed by atoms with Crippen LogP contribution in [0.25, 0.3) is 17.2 Å².